The molecule has 0 unspecified atom stereocenters. The Kier molecular flexibility index (Phi) is 7.02. The van der Waals surface area contributed by atoms with Gasteiger partial charge in [-0.3, -0.25) is 9.59 Å². The first-order valence-corrected chi connectivity index (χ1v) is 11.2. The number of hydrogen-bond acceptors (Lipinski definition) is 5. The van der Waals surface area contributed by atoms with E-state index in [2.05, 4.69) is 9.97 Å². The minimum Gasteiger partial charge on any atom is -0.490 e. The van der Waals surface area contributed by atoms with Gasteiger partial charge in [-0.25, -0.2) is 9.97 Å². The van der Waals surface area contributed by atoms with Crippen molar-refractivity contribution in [2.24, 2.45) is 5.92 Å². The summed E-state index contributed by atoms with van der Waals surface area (Å²) in [6, 6.07) is 7.30. The van der Waals surface area contributed by atoms with Crippen molar-refractivity contribution >= 4 is 23.4 Å². The number of aromatic nitrogens is 2. The Hall–Kier alpha value is -2.67. The lowest BCUT2D eigenvalue weighted by Gasteiger charge is -2.39. The van der Waals surface area contributed by atoms with Crippen molar-refractivity contribution in [3.05, 3.63) is 53.6 Å². The fraction of sp³-hybridized carbons (Fsp3) is 0.478. The summed E-state index contributed by atoms with van der Waals surface area (Å²) < 4.78 is 6.25. The largest absolute Gasteiger partial charge is 0.490 e. The van der Waals surface area contributed by atoms with E-state index in [-0.39, 0.29) is 23.8 Å². The molecule has 4 rings (SSSR count). The van der Waals surface area contributed by atoms with Gasteiger partial charge in [-0.2, -0.15) is 0 Å². The molecule has 0 radical (unpaired) electrons. The van der Waals surface area contributed by atoms with Crippen LogP contribution in [0.1, 0.15) is 42.5 Å². The molecular formula is C23H27ClN4O3. The topological polar surface area (TPSA) is 75.6 Å². The molecule has 2 saturated heterocycles. The predicted molar refractivity (Wildman–Crippen MR) is 117 cm³/mol. The smallest absolute Gasteiger partial charge is 0.257 e. The Morgan fingerprint density at radius 2 is 1.84 bits per heavy atom. The molecule has 164 valence electrons. The van der Waals surface area contributed by atoms with Crippen LogP contribution in [0.25, 0.3) is 0 Å². The van der Waals surface area contributed by atoms with Crippen molar-refractivity contribution in [2.75, 3.05) is 26.2 Å². The van der Waals surface area contributed by atoms with Crippen molar-refractivity contribution < 1.29 is 14.3 Å². The summed E-state index contributed by atoms with van der Waals surface area (Å²) in [7, 11) is 0. The zero-order chi connectivity index (χ0) is 21.6. The molecule has 1 aromatic carbocycles. The standard InChI is InChI=1S/C23H27ClN4O3/c24-19-5-4-6-20(12-19)31-21-7-10-28(23(30)18-13-25-16-26-14-18)15-17(21)11-22(29)27-8-2-1-3-9-27/h4-6,12-14,16-17,21H,1-3,7-11,15H2/t17-,21-/m0/s1. The monoisotopic (exact) mass is 442 g/mol. The third-order valence-electron chi connectivity index (χ3n) is 5.99. The summed E-state index contributed by atoms with van der Waals surface area (Å²) in [5.41, 5.74) is 0.456. The van der Waals surface area contributed by atoms with Crippen LogP contribution < -0.4 is 4.74 Å². The van der Waals surface area contributed by atoms with E-state index in [4.69, 9.17) is 16.3 Å². The molecule has 0 saturated carbocycles. The molecule has 7 nitrogen and oxygen atoms in total. The lowest BCUT2D eigenvalue weighted by atomic mass is 9.90. The highest BCUT2D eigenvalue weighted by Crippen LogP contribution is 2.28. The summed E-state index contributed by atoms with van der Waals surface area (Å²) in [5, 5.41) is 0.607. The number of benzene rings is 1. The molecular weight excluding hydrogens is 416 g/mol. The van der Waals surface area contributed by atoms with E-state index < -0.39 is 0 Å². The Labute approximate surface area is 187 Å². The van der Waals surface area contributed by atoms with Crippen LogP contribution in [0.4, 0.5) is 0 Å². The molecule has 0 aliphatic carbocycles. The second kappa shape index (κ2) is 10.1. The molecule has 1 aromatic heterocycles. The molecule has 2 fully saturated rings. The van der Waals surface area contributed by atoms with Gasteiger partial charge < -0.3 is 14.5 Å². The van der Waals surface area contributed by atoms with Gasteiger partial charge in [0.1, 0.15) is 18.2 Å². The number of hydrogen-bond donors (Lipinski definition) is 0. The van der Waals surface area contributed by atoms with E-state index in [9.17, 15) is 9.59 Å². The summed E-state index contributed by atoms with van der Waals surface area (Å²) in [5.74, 6) is 0.610. The molecule has 2 atom stereocenters. The number of ether oxygens (including phenoxy) is 1. The number of carbonyl (C=O) groups excluding carboxylic acids is 2. The van der Waals surface area contributed by atoms with E-state index in [0.29, 0.717) is 42.3 Å². The Morgan fingerprint density at radius 1 is 1.06 bits per heavy atom. The number of carbonyl (C=O) groups is 2. The number of likely N-dealkylation sites (tertiary alicyclic amines) is 2. The maximum atomic E-state index is 13.0. The van der Waals surface area contributed by atoms with Gasteiger partial charge in [-0.1, -0.05) is 17.7 Å². The minimum atomic E-state index is -0.164. The van der Waals surface area contributed by atoms with Crippen LogP contribution in [0.5, 0.6) is 5.75 Å². The highest BCUT2D eigenvalue weighted by molar-refractivity contribution is 6.30. The molecule has 2 aromatic rings. The molecule has 0 N–H and O–H groups in total. The van der Waals surface area contributed by atoms with Gasteiger partial charge in [0.25, 0.3) is 5.91 Å². The average molecular weight is 443 g/mol. The van der Waals surface area contributed by atoms with Crippen LogP contribution in [-0.4, -0.2) is 63.9 Å². The van der Waals surface area contributed by atoms with E-state index in [1.165, 1.54) is 25.1 Å². The third kappa shape index (κ3) is 5.53. The lowest BCUT2D eigenvalue weighted by Crippen LogP contribution is -2.50. The van der Waals surface area contributed by atoms with Crippen LogP contribution >= 0.6 is 11.6 Å². The second-order valence-corrected chi connectivity index (χ2v) is 8.62. The quantitative estimate of drug-likeness (QED) is 0.709. The average Bonchev–Trinajstić information content (AvgIpc) is 2.81. The Balaban J connectivity index is 1.49. The van der Waals surface area contributed by atoms with Gasteiger partial charge in [-0.05, 0) is 37.5 Å². The van der Waals surface area contributed by atoms with Crippen LogP contribution in [0, 0.1) is 5.92 Å². The Bertz CT molecular complexity index is 905. The van der Waals surface area contributed by atoms with Crippen LogP contribution in [0.15, 0.2) is 43.0 Å². The van der Waals surface area contributed by atoms with Crippen molar-refractivity contribution in [3.63, 3.8) is 0 Å². The van der Waals surface area contributed by atoms with Gasteiger partial charge in [0, 0.05) is 62.4 Å². The van der Waals surface area contributed by atoms with E-state index in [1.54, 1.807) is 17.0 Å². The maximum Gasteiger partial charge on any atom is 0.257 e. The zero-order valence-corrected chi connectivity index (χ0v) is 18.2. The molecule has 2 aliphatic heterocycles. The predicted octanol–water partition coefficient (Wildman–Crippen LogP) is 3.44. The van der Waals surface area contributed by atoms with Crippen molar-refractivity contribution in [1.29, 1.82) is 0 Å². The number of rotatable bonds is 5. The molecule has 31 heavy (non-hydrogen) atoms. The first kappa shape index (κ1) is 21.6. The molecule has 8 heteroatoms. The molecule has 0 bridgehead atoms. The van der Waals surface area contributed by atoms with Crippen LogP contribution in [0.3, 0.4) is 0 Å². The van der Waals surface area contributed by atoms with Gasteiger partial charge >= 0.3 is 0 Å². The molecule has 3 heterocycles. The van der Waals surface area contributed by atoms with Gasteiger partial charge in [-0.15, -0.1) is 0 Å². The van der Waals surface area contributed by atoms with Crippen molar-refractivity contribution in [1.82, 2.24) is 19.8 Å². The van der Waals surface area contributed by atoms with Crippen LogP contribution in [0.2, 0.25) is 5.02 Å². The number of nitrogens with zero attached hydrogens (tertiary/aromatic N) is 4. The second-order valence-electron chi connectivity index (χ2n) is 8.19. The molecule has 2 amide bonds. The van der Waals surface area contributed by atoms with E-state index in [0.717, 1.165) is 25.9 Å². The maximum absolute atomic E-state index is 13.0. The van der Waals surface area contributed by atoms with Gasteiger partial charge in [0.2, 0.25) is 5.91 Å². The summed E-state index contributed by atoms with van der Waals surface area (Å²) in [4.78, 5) is 37.6. The third-order valence-corrected chi connectivity index (χ3v) is 6.22. The summed E-state index contributed by atoms with van der Waals surface area (Å²) in [6.45, 7) is 2.64. The zero-order valence-electron chi connectivity index (χ0n) is 17.5. The van der Waals surface area contributed by atoms with Crippen molar-refractivity contribution in [3.8, 4) is 5.75 Å². The van der Waals surface area contributed by atoms with Gasteiger partial charge in [0.15, 0.2) is 0 Å². The highest BCUT2D eigenvalue weighted by Gasteiger charge is 2.36. The number of halogens is 1. The summed E-state index contributed by atoms with van der Waals surface area (Å²) in [6.07, 6.45) is 8.58. The minimum absolute atomic E-state index is 0.101. The lowest BCUT2D eigenvalue weighted by molar-refractivity contribution is -0.134. The Morgan fingerprint density at radius 3 is 2.58 bits per heavy atom. The van der Waals surface area contributed by atoms with E-state index in [1.807, 2.05) is 17.0 Å². The molecule has 0 spiro atoms. The normalized spacial score (nSPS) is 21.6. The van der Waals surface area contributed by atoms with E-state index >= 15 is 0 Å². The fourth-order valence-corrected chi connectivity index (χ4v) is 4.53. The summed E-state index contributed by atoms with van der Waals surface area (Å²) >= 11 is 6.11. The first-order valence-electron chi connectivity index (χ1n) is 10.8. The first-order chi connectivity index (χ1) is 15.1. The van der Waals surface area contributed by atoms with Gasteiger partial charge in [0.05, 0.1) is 5.56 Å². The highest BCUT2D eigenvalue weighted by atomic mass is 35.5. The fourth-order valence-electron chi connectivity index (χ4n) is 4.35. The number of amides is 2. The number of piperidine rings is 2. The van der Waals surface area contributed by atoms with Crippen LogP contribution in [-0.2, 0) is 4.79 Å². The SMILES string of the molecule is O=C(C[C@H]1CN(C(=O)c2cncnc2)CC[C@@H]1Oc1cccc(Cl)c1)N1CCCCC1. The molecule has 2 aliphatic rings. The van der Waals surface area contributed by atoms with Crippen molar-refractivity contribution in [2.45, 2.75) is 38.2 Å².